The minimum atomic E-state index is -1.82. The Balaban J connectivity index is 1.32. The zero-order valence-electron chi connectivity index (χ0n) is 26.2. The van der Waals surface area contributed by atoms with Crippen LogP contribution in [0.25, 0.3) is 0 Å². The highest BCUT2D eigenvalue weighted by Gasteiger charge is 2.79. The summed E-state index contributed by atoms with van der Waals surface area (Å²) in [4.78, 5) is 27.1. The van der Waals surface area contributed by atoms with E-state index in [0.29, 0.717) is 27.6 Å². The van der Waals surface area contributed by atoms with E-state index in [4.69, 9.17) is 23.7 Å². The van der Waals surface area contributed by atoms with Crippen molar-refractivity contribution in [1.29, 1.82) is 0 Å². The average Bonchev–Trinajstić information content (AvgIpc) is 3.31. The van der Waals surface area contributed by atoms with Crippen LogP contribution in [0.2, 0.25) is 0 Å². The number of benzene rings is 2. The lowest BCUT2D eigenvalue weighted by molar-refractivity contribution is -0.421. The van der Waals surface area contributed by atoms with E-state index in [1.165, 1.54) is 19.2 Å². The molecule has 3 aliphatic carbocycles. The van der Waals surface area contributed by atoms with Crippen molar-refractivity contribution >= 4 is 34.3 Å². The van der Waals surface area contributed by atoms with Gasteiger partial charge in [0.15, 0.2) is 17.3 Å². The molecule has 0 spiro atoms. The molecule has 0 amide bonds. The van der Waals surface area contributed by atoms with Gasteiger partial charge in [-0.05, 0) is 83.2 Å². The molecule has 2 heterocycles. The van der Waals surface area contributed by atoms with Crippen LogP contribution >= 0.6 is 22.6 Å². The van der Waals surface area contributed by atoms with Crippen LogP contribution in [-0.4, -0.2) is 64.6 Å². The number of aliphatic hydroxyl groups is 1. The second kappa shape index (κ2) is 10.7. The number of carbonyl (C=O) groups is 2. The summed E-state index contributed by atoms with van der Waals surface area (Å²) in [6.45, 7) is 9.91. The molecule has 2 aromatic carbocycles. The molecule has 10 heteroatoms. The average molecular weight is 741 g/mol. The van der Waals surface area contributed by atoms with Crippen LogP contribution in [0.3, 0.4) is 0 Å². The van der Waals surface area contributed by atoms with E-state index in [1.807, 2.05) is 72.0 Å². The summed E-state index contributed by atoms with van der Waals surface area (Å²) in [5, 5.41) is 22.6. The number of carbonyl (C=O) groups excluding carboxylic acids is 2. The molecular weight excluding hydrogens is 703 g/mol. The van der Waals surface area contributed by atoms with Gasteiger partial charge in [-0.1, -0.05) is 56.0 Å². The van der Waals surface area contributed by atoms with Gasteiger partial charge in [-0.3, -0.25) is 4.79 Å². The SMILES string of the molecule is C=C(C)[C@]12C[C@@H](C)[C@@]34O[C@](Cc5ccccc5)(O[C@@H]1[C@@H]3C=C(COC(=O)c1cc(OC)c(O)cc1I)C[C@]1(O)C(=O)C(C)=C[C@@H]41)O2. The Kier molecular flexibility index (Phi) is 7.37. The van der Waals surface area contributed by atoms with Crippen LogP contribution in [0.15, 0.2) is 77.9 Å². The maximum absolute atomic E-state index is 13.8. The largest absolute Gasteiger partial charge is 0.504 e. The van der Waals surface area contributed by atoms with Crippen molar-refractivity contribution in [2.24, 2.45) is 17.8 Å². The molecule has 46 heavy (non-hydrogen) atoms. The quantitative estimate of drug-likeness (QED) is 0.218. The number of ketones is 1. The molecule has 7 rings (SSSR count). The molecule has 2 saturated heterocycles. The topological polar surface area (TPSA) is 121 Å². The number of phenols is 1. The minimum absolute atomic E-state index is 0.0404. The molecule has 3 fully saturated rings. The van der Waals surface area contributed by atoms with Crippen LogP contribution in [0.1, 0.15) is 49.5 Å². The summed E-state index contributed by atoms with van der Waals surface area (Å²) in [6.07, 6.45) is 4.11. The third-order valence-electron chi connectivity index (χ3n) is 10.6. The third-order valence-corrected chi connectivity index (χ3v) is 11.5. The van der Waals surface area contributed by atoms with Gasteiger partial charge in [0.2, 0.25) is 0 Å². The van der Waals surface area contributed by atoms with Crippen molar-refractivity contribution in [1.82, 2.24) is 0 Å². The van der Waals surface area contributed by atoms with Crippen molar-refractivity contribution in [3.05, 3.63) is 92.6 Å². The van der Waals surface area contributed by atoms with Gasteiger partial charge in [0.25, 0.3) is 5.97 Å². The molecule has 2 aliphatic heterocycles. The number of fused-ring (bicyclic) bond motifs is 2. The zero-order valence-corrected chi connectivity index (χ0v) is 28.3. The third kappa shape index (κ3) is 4.40. The van der Waals surface area contributed by atoms with Gasteiger partial charge in [0.1, 0.15) is 23.9 Å². The van der Waals surface area contributed by atoms with Crippen LogP contribution in [-0.2, 0) is 30.2 Å². The molecule has 3 bridgehead atoms. The van der Waals surface area contributed by atoms with Gasteiger partial charge < -0.3 is 33.9 Å². The highest BCUT2D eigenvalue weighted by Crippen LogP contribution is 2.68. The van der Waals surface area contributed by atoms with Gasteiger partial charge in [-0.15, -0.1) is 0 Å². The van der Waals surface area contributed by atoms with Crippen molar-refractivity contribution in [2.75, 3.05) is 13.7 Å². The molecule has 1 saturated carbocycles. The smallest absolute Gasteiger partial charge is 0.339 e. The predicted molar refractivity (Wildman–Crippen MR) is 175 cm³/mol. The van der Waals surface area contributed by atoms with E-state index in [9.17, 15) is 19.8 Å². The Hall–Kier alpha value is -3.03. The molecule has 242 valence electrons. The number of hydrogen-bond acceptors (Lipinski definition) is 9. The van der Waals surface area contributed by atoms with Crippen molar-refractivity contribution < 1.29 is 43.5 Å². The fourth-order valence-corrected chi connectivity index (χ4v) is 9.26. The number of phenolic OH excluding ortho intramolecular Hbond substituents is 1. The summed E-state index contributed by atoms with van der Waals surface area (Å²) >= 11 is 1.95. The first-order valence-corrected chi connectivity index (χ1v) is 16.5. The fraction of sp³-hybridized carbons (Fsp3) is 0.444. The van der Waals surface area contributed by atoms with Gasteiger partial charge in [-0.2, -0.15) is 0 Å². The minimum Gasteiger partial charge on any atom is -0.504 e. The zero-order chi connectivity index (χ0) is 32.8. The van der Waals surface area contributed by atoms with Gasteiger partial charge in [-0.25, -0.2) is 4.79 Å². The van der Waals surface area contributed by atoms with Crippen LogP contribution < -0.4 is 4.74 Å². The Labute approximate surface area is 281 Å². The summed E-state index contributed by atoms with van der Waals surface area (Å²) < 4.78 is 32.4. The monoisotopic (exact) mass is 740 g/mol. The lowest BCUT2D eigenvalue weighted by Crippen LogP contribution is -2.70. The van der Waals surface area contributed by atoms with Crippen LogP contribution in [0.5, 0.6) is 11.5 Å². The number of halogens is 1. The molecule has 0 unspecified atom stereocenters. The Bertz CT molecular complexity index is 1720. The van der Waals surface area contributed by atoms with Gasteiger partial charge in [0.05, 0.1) is 24.7 Å². The lowest BCUT2D eigenvalue weighted by atomic mass is 9.55. The Morgan fingerprint density at radius 2 is 1.91 bits per heavy atom. The van der Waals surface area contributed by atoms with Crippen molar-refractivity contribution in [3.8, 4) is 11.5 Å². The molecule has 0 aromatic heterocycles. The van der Waals surface area contributed by atoms with E-state index >= 15 is 0 Å². The second-order valence-corrected chi connectivity index (χ2v) is 14.6. The van der Waals surface area contributed by atoms with Crippen LogP contribution in [0.4, 0.5) is 0 Å². The summed E-state index contributed by atoms with van der Waals surface area (Å²) in [7, 11) is 1.40. The fourth-order valence-electron chi connectivity index (χ4n) is 8.59. The maximum atomic E-state index is 13.8. The maximum Gasteiger partial charge on any atom is 0.339 e. The number of methoxy groups -OCH3 is 1. The van der Waals surface area contributed by atoms with Crippen molar-refractivity contribution in [3.63, 3.8) is 0 Å². The Morgan fingerprint density at radius 1 is 1.17 bits per heavy atom. The molecule has 5 aliphatic rings. The summed E-state index contributed by atoms with van der Waals surface area (Å²) in [5.74, 6) is -3.75. The highest BCUT2D eigenvalue weighted by atomic mass is 127. The molecular formula is C36H37IO9. The number of ether oxygens (including phenoxy) is 5. The van der Waals surface area contributed by atoms with Crippen LogP contribution in [0, 0.1) is 21.3 Å². The number of aromatic hydroxyl groups is 1. The van der Waals surface area contributed by atoms with E-state index in [1.54, 1.807) is 6.92 Å². The standard InChI is InChI=1S/C36H37IO9/c1-19(2)34-15-21(4)36-25(31(34)44-35(45-34,46-36)17-22-9-7-6-8-10-22)12-23(16-33(41)29(36)11-20(3)30(33)39)18-43-32(40)24-13-28(42-5)27(38)14-26(24)37/h6-14,21,25,29,31,38,41H,1,15-18H2,2-5H3/t21-,25+,29-,31-,33-,34-,35-,36-/m1/s1. The molecule has 0 radical (unpaired) electrons. The Morgan fingerprint density at radius 3 is 2.61 bits per heavy atom. The first-order chi connectivity index (χ1) is 21.8. The van der Waals surface area contributed by atoms with Gasteiger partial charge >= 0.3 is 5.97 Å². The highest BCUT2D eigenvalue weighted by molar-refractivity contribution is 14.1. The summed E-state index contributed by atoms with van der Waals surface area (Å²) in [5.41, 5.74) is -0.734. The number of rotatable bonds is 7. The predicted octanol–water partition coefficient (Wildman–Crippen LogP) is 5.42. The van der Waals surface area contributed by atoms with E-state index in [-0.39, 0.29) is 41.8 Å². The first kappa shape index (κ1) is 31.6. The van der Waals surface area contributed by atoms with E-state index < -0.39 is 46.7 Å². The van der Waals surface area contributed by atoms with Crippen molar-refractivity contribution in [2.45, 2.75) is 68.9 Å². The molecule has 2 N–H and O–H groups in total. The first-order valence-electron chi connectivity index (χ1n) is 15.5. The molecule has 8 atom stereocenters. The molecule has 9 nitrogen and oxygen atoms in total. The second-order valence-electron chi connectivity index (χ2n) is 13.4. The number of Topliss-reactive ketones (excluding diaryl/α,β-unsaturated/α-hetero) is 1. The number of hydrogen-bond donors (Lipinski definition) is 2. The molecule has 2 aromatic rings. The van der Waals surface area contributed by atoms with Gasteiger partial charge in [0, 0.05) is 21.8 Å². The van der Waals surface area contributed by atoms with E-state index in [0.717, 1.165) is 11.1 Å². The normalized spacial score (nSPS) is 37.1. The number of esters is 1. The van der Waals surface area contributed by atoms with E-state index in [2.05, 4.69) is 13.5 Å². The summed E-state index contributed by atoms with van der Waals surface area (Å²) in [6, 6.07) is 12.7. The lowest BCUT2D eigenvalue weighted by Gasteiger charge is -2.59.